The minimum atomic E-state index is -0.463. The monoisotopic (exact) mass is 263 g/mol. The second-order valence-electron chi connectivity index (χ2n) is 5.39. The summed E-state index contributed by atoms with van der Waals surface area (Å²) in [6.07, 6.45) is 0. The zero-order valence-corrected chi connectivity index (χ0v) is 11.4. The molecule has 0 saturated heterocycles. The molecule has 0 aliphatic carbocycles. The van der Waals surface area contributed by atoms with E-state index in [-0.39, 0.29) is 23.5 Å². The predicted molar refractivity (Wildman–Crippen MR) is 72.2 cm³/mol. The molecule has 1 amide bonds. The Kier molecular flexibility index (Phi) is 5.08. The molecule has 0 saturated carbocycles. The maximum absolute atomic E-state index is 13.2. The SMILES string of the molecule is CC(C)(C)CNC(=O)c1ccc(F)cc1C#CCO. The summed E-state index contributed by atoms with van der Waals surface area (Å²) >= 11 is 0. The first kappa shape index (κ1) is 15.2. The van der Waals surface area contributed by atoms with Gasteiger partial charge < -0.3 is 10.4 Å². The number of benzene rings is 1. The van der Waals surface area contributed by atoms with Crippen LogP contribution in [0.25, 0.3) is 0 Å². The molecule has 0 radical (unpaired) electrons. The lowest BCUT2D eigenvalue weighted by Crippen LogP contribution is -2.32. The van der Waals surface area contributed by atoms with Crippen molar-refractivity contribution >= 4 is 5.91 Å². The molecular formula is C15H18FNO2. The van der Waals surface area contributed by atoms with Gasteiger partial charge >= 0.3 is 0 Å². The van der Waals surface area contributed by atoms with Gasteiger partial charge in [-0.2, -0.15) is 0 Å². The lowest BCUT2D eigenvalue weighted by atomic mass is 9.96. The highest BCUT2D eigenvalue weighted by molar-refractivity contribution is 5.96. The summed E-state index contributed by atoms with van der Waals surface area (Å²) in [7, 11) is 0. The third-order valence-electron chi connectivity index (χ3n) is 2.31. The number of nitrogens with one attached hydrogen (secondary N) is 1. The topological polar surface area (TPSA) is 49.3 Å². The van der Waals surface area contributed by atoms with Gasteiger partial charge in [0.2, 0.25) is 0 Å². The van der Waals surface area contributed by atoms with Crippen LogP contribution in [-0.2, 0) is 0 Å². The lowest BCUT2D eigenvalue weighted by Gasteiger charge is -2.19. The molecule has 4 heteroatoms. The largest absolute Gasteiger partial charge is 0.384 e. The Bertz CT molecular complexity index is 521. The second-order valence-corrected chi connectivity index (χ2v) is 5.39. The van der Waals surface area contributed by atoms with E-state index < -0.39 is 5.82 Å². The minimum Gasteiger partial charge on any atom is -0.384 e. The van der Waals surface area contributed by atoms with Gasteiger partial charge in [-0.15, -0.1) is 0 Å². The number of carbonyl (C=O) groups is 1. The van der Waals surface area contributed by atoms with Crippen LogP contribution in [0.4, 0.5) is 4.39 Å². The van der Waals surface area contributed by atoms with Gasteiger partial charge in [-0.3, -0.25) is 4.79 Å². The zero-order chi connectivity index (χ0) is 14.5. The summed E-state index contributed by atoms with van der Waals surface area (Å²) in [6.45, 7) is 6.19. The van der Waals surface area contributed by atoms with E-state index in [1.807, 2.05) is 20.8 Å². The smallest absolute Gasteiger partial charge is 0.252 e. The molecule has 1 rings (SSSR count). The molecule has 102 valence electrons. The van der Waals surface area contributed by atoms with E-state index in [1.165, 1.54) is 18.2 Å². The summed E-state index contributed by atoms with van der Waals surface area (Å²) in [5.74, 6) is 4.24. The summed E-state index contributed by atoms with van der Waals surface area (Å²) < 4.78 is 13.2. The van der Waals surface area contributed by atoms with Crippen molar-refractivity contribution in [3.05, 3.63) is 35.1 Å². The highest BCUT2D eigenvalue weighted by atomic mass is 19.1. The molecule has 1 aromatic carbocycles. The van der Waals surface area contributed by atoms with Crippen molar-refractivity contribution in [1.82, 2.24) is 5.32 Å². The quantitative estimate of drug-likeness (QED) is 0.801. The highest BCUT2D eigenvalue weighted by Gasteiger charge is 2.15. The van der Waals surface area contributed by atoms with E-state index in [0.717, 1.165) is 0 Å². The number of amides is 1. The van der Waals surface area contributed by atoms with Crippen LogP contribution in [0.1, 0.15) is 36.7 Å². The molecule has 0 unspecified atom stereocenters. The van der Waals surface area contributed by atoms with Crippen molar-refractivity contribution in [3.63, 3.8) is 0 Å². The fraction of sp³-hybridized carbons (Fsp3) is 0.400. The number of rotatable bonds is 2. The number of carbonyl (C=O) groups excluding carboxylic acids is 1. The Labute approximate surface area is 112 Å². The van der Waals surface area contributed by atoms with Crippen molar-refractivity contribution in [2.75, 3.05) is 13.2 Å². The van der Waals surface area contributed by atoms with Gasteiger partial charge in [0.1, 0.15) is 12.4 Å². The molecule has 3 nitrogen and oxygen atoms in total. The molecule has 0 aromatic heterocycles. The van der Waals surface area contributed by atoms with Gasteiger partial charge in [0, 0.05) is 12.1 Å². The predicted octanol–water partition coefficient (Wildman–Crippen LogP) is 1.95. The Hall–Kier alpha value is -1.86. The summed E-state index contributed by atoms with van der Waals surface area (Å²) in [5.41, 5.74) is 0.555. The van der Waals surface area contributed by atoms with Crippen molar-refractivity contribution in [2.45, 2.75) is 20.8 Å². The van der Waals surface area contributed by atoms with Crippen molar-refractivity contribution in [3.8, 4) is 11.8 Å². The fourth-order valence-corrected chi connectivity index (χ4v) is 1.39. The number of halogens is 1. The number of hydrogen-bond donors (Lipinski definition) is 2. The number of hydrogen-bond acceptors (Lipinski definition) is 2. The maximum Gasteiger partial charge on any atom is 0.252 e. The number of aliphatic hydroxyl groups excluding tert-OH is 1. The van der Waals surface area contributed by atoms with Gasteiger partial charge in [0.05, 0.1) is 5.56 Å². The minimum absolute atomic E-state index is 0.0351. The van der Waals surface area contributed by atoms with E-state index in [4.69, 9.17) is 5.11 Å². The summed E-state index contributed by atoms with van der Waals surface area (Å²) in [4.78, 5) is 12.0. The second kappa shape index (κ2) is 6.35. The summed E-state index contributed by atoms with van der Waals surface area (Å²) in [5, 5.41) is 11.5. The van der Waals surface area contributed by atoms with Crippen LogP contribution in [-0.4, -0.2) is 24.2 Å². The van der Waals surface area contributed by atoms with Crippen molar-refractivity contribution < 1.29 is 14.3 Å². The van der Waals surface area contributed by atoms with Gasteiger partial charge in [-0.1, -0.05) is 32.6 Å². The van der Waals surface area contributed by atoms with E-state index in [1.54, 1.807) is 0 Å². The van der Waals surface area contributed by atoms with E-state index in [2.05, 4.69) is 17.2 Å². The van der Waals surface area contributed by atoms with Gasteiger partial charge in [0.25, 0.3) is 5.91 Å². The maximum atomic E-state index is 13.2. The van der Waals surface area contributed by atoms with Crippen LogP contribution in [0.15, 0.2) is 18.2 Å². The normalized spacial score (nSPS) is 10.6. The van der Waals surface area contributed by atoms with E-state index >= 15 is 0 Å². The van der Waals surface area contributed by atoms with Crippen LogP contribution in [0.3, 0.4) is 0 Å². The van der Waals surface area contributed by atoms with Crippen LogP contribution in [0.2, 0.25) is 0 Å². The van der Waals surface area contributed by atoms with Gasteiger partial charge in [-0.25, -0.2) is 4.39 Å². The summed E-state index contributed by atoms with van der Waals surface area (Å²) in [6, 6.07) is 3.81. The van der Waals surface area contributed by atoms with E-state index in [0.29, 0.717) is 12.1 Å². The molecule has 0 fully saturated rings. The molecule has 0 aliphatic rings. The molecule has 2 N–H and O–H groups in total. The van der Waals surface area contributed by atoms with Gasteiger partial charge in [0.15, 0.2) is 0 Å². The molecule has 0 atom stereocenters. The number of aliphatic hydroxyl groups is 1. The molecule has 0 aliphatic heterocycles. The Morgan fingerprint density at radius 3 is 2.68 bits per heavy atom. The van der Waals surface area contributed by atoms with Crippen LogP contribution >= 0.6 is 0 Å². The van der Waals surface area contributed by atoms with Crippen LogP contribution in [0, 0.1) is 23.1 Å². The first-order chi connectivity index (χ1) is 8.83. The molecule has 0 spiro atoms. The van der Waals surface area contributed by atoms with Crippen molar-refractivity contribution in [1.29, 1.82) is 0 Å². The third-order valence-corrected chi connectivity index (χ3v) is 2.31. The third kappa shape index (κ3) is 5.11. The van der Waals surface area contributed by atoms with Crippen LogP contribution < -0.4 is 5.32 Å². The molecule has 19 heavy (non-hydrogen) atoms. The molecule has 0 heterocycles. The average Bonchev–Trinajstić information content (AvgIpc) is 2.32. The first-order valence-electron chi connectivity index (χ1n) is 6.01. The first-order valence-corrected chi connectivity index (χ1v) is 6.01. The lowest BCUT2D eigenvalue weighted by molar-refractivity contribution is 0.0939. The Morgan fingerprint density at radius 1 is 1.42 bits per heavy atom. The van der Waals surface area contributed by atoms with E-state index in [9.17, 15) is 9.18 Å². The average molecular weight is 263 g/mol. The fourth-order valence-electron chi connectivity index (χ4n) is 1.39. The van der Waals surface area contributed by atoms with Crippen molar-refractivity contribution in [2.24, 2.45) is 5.41 Å². The highest BCUT2D eigenvalue weighted by Crippen LogP contribution is 2.13. The molecule has 0 bridgehead atoms. The van der Waals surface area contributed by atoms with Crippen LogP contribution in [0.5, 0.6) is 0 Å². The standard InChI is InChI=1S/C15H18FNO2/c1-15(2,3)10-17-14(19)13-7-6-12(16)9-11(13)5-4-8-18/h6-7,9,18H,8,10H2,1-3H3,(H,17,19). The Morgan fingerprint density at radius 2 is 2.11 bits per heavy atom. The zero-order valence-electron chi connectivity index (χ0n) is 11.4. The Balaban J connectivity index is 2.96. The molecular weight excluding hydrogens is 245 g/mol. The van der Waals surface area contributed by atoms with Gasteiger partial charge in [-0.05, 0) is 23.6 Å². The molecule has 1 aromatic rings.